The first-order valence-corrected chi connectivity index (χ1v) is 6.57. The monoisotopic (exact) mass is 227 g/mol. The molecule has 0 spiro atoms. The lowest BCUT2D eigenvalue weighted by Gasteiger charge is -2.39. The largest absolute Gasteiger partial charge is 0.394 e. The zero-order valence-electron chi connectivity index (χ0n) is 10.7. The Morgan fingerprint density at radius 3 is 2.25 bits per heavy atom. The zero-order valence-corrected chi connectivity index (χ0v) is 10.7. The summed E-state index contributed by atoms with van der Waals surface area (Å²) in [5.41, 5.74) is -0.0680. The highest BCUT2D eigenvalue weighted by molar-refractivity contribution is 4.99. The third-order valence-electron chi connectivity index (χ3n) is 4.04. The van der Waals surface area contributed by atoms with Crippen LogP contribution < -0.4 is 5.32 Å². The van der Waals surface area contributed by atoms with Gasteiger partial charge in [0.1, 0.15) is 0 Å². The van der Waals surface area contributed by atoms with E-state index in [0.717, 1.165) is 12.8 Å². The van der Waals surface area contributed by atoms with Gasteiger partial charge in [0.15, 0.2) is 0 Å². The molecule has 1 saturated heterocycles. The number of rotatable bonds is 4. The molecule has 3 atom stereocenters. The molecule has 1 aliphatic carbocycles. The molecule has 3 unspecified atom stereocenters. The number of aliphatic hydroxyl groups is 1. The summed E-state index contributed by atoms with van der Waals surface area (Å²) in [6.45, 7) is 6.68. The van der Waals surface area contributed by atoms with Gasteiger partial charge in [0.25, 0.3) is 0 Å². The predicted molar refractivity (Wildman–Crippen MR) is 64.4 cm³/mol. The van der Waals surface area contributed by atoms with Gasteiger partial charge in [0.2, 0.25) is 0 Å². The van der Waals surface area contributed by atoms with E-state index >= 15 is 0 Å². The Labute approximate surface area is 98.6 Å². The van der Waals surface area contributed by atoms with Crippen LogP contribution in [-0.4, -0.2) is 35.5 Å². The van der Waals surface area contributed by atoms with Gasteiger partial charge >= 0.3 is 0 Å². The van der Waals surface area contributed by atoms with Crippen molar-refractivity contribution in [3.05, 3.63) is 0 Å². The maximum Gasteiger partial charge on any atom is 0.0613 e. The van der Waals surface area contributed by atoms with Crippen LogP contribution in [-0.2, 0) is 4.74 Å². The Morgan fingerprint density at radius 2 is 1.81 bits per heavy atom. The minimum absolute atomic E-state index is 0.0680. The second kappa shape index (κ2) is 4.63. The van der Waals surface area contributed by atoms with Gasteiger partial charge in [-0.15, -0.1) is 0 Å². The van der Waals surface area contributed by atoms with Gasteiger partial charge in [-0.05, 0) is 52.4 Å². The zero-order chi connectivity index (χ0) is 11.8. The Hall–Kier alpha value is -0.120. The van der Waals surface area contributed by atoms with E-state index in [1.807, 2.05) is 0 Å². The molecule has 3 nitrogen and oxygen atoms in total. The summed E-state index contributed by atoms with van der Waals surface area (Å²) in [4.78, 5) is 0. The smallest absolute Gasteiger partial charge is 0.0613 e. The first-order valence-electron chi connectivity index (χ1n) is 6.57. The van der Waals surface area contributed by atoms with Crippen molar-refractivity contribution in [3.8, 4) is 0 Å². The maximum atomic E-state index is 9.56. The Balaban J connectivity index is 1.92. The summed E-state index contributed by atoms with van der Waals surface area (Å²) >= 11 is 0. The van der Waals surface area contributed by atoms with Gasteiger partial charge in [-0.3, -0.25) is 0 Å². The normalized spacial score (nSPS) is 39.4. The van der Waals surface area contributed by atoms with Gasteiger partial charge in [-0.25, -0.2) is 0 Å². The summed E-state index contributed by atoms with van der Waals surface area (Å²) in [7, 11) is 0. The second-order valence-electron chi connectivity index (χ2n) is 5.92. The average molecular weight is 227 g/mol. The first kappa shape index (κ1) is 12.3. The third-order valence-corrected chi connectivity index (χ3v) is 4.04. The standard InChI is InChI=1S/C13H25NO2/c1-9-6-12(7-10(2)16-9)14-13(3,8-15)11-4-5-11/h9-12,14-15H,4-8H2,1-3H3. The van der Waals surface area contributed by atoms with Crippen molar-refractivity contribution in [2.45, 2.75) is 70.2 Å². The van der Waals surface area contributed by atoms with Crippen LogP contribution in [0.3, 0.4) is 0 Å². The maximum absolute atomic E-state index is 9.56. The summed E-state index contributed by atoms with van der Waals surface area (Å²) < 4.78 is 5.74. The predicted octanol–water partition coefficient (Wildman–Crippen LogP) is 1.69. The van der Waals surface area contributed by atoms with Crippen molar-refractivity contribution < 1.29 is 9.84 Å². The highest BCUT2D eigenvalue weighted by Gasteiger charge is 2.42. The fourth-order valence-electron chi connectivity index (χ4n) is 3.00. The van der Waals surface area contributed by atoms with Crippen LogP contribution in [0.5, 0.6) is 0 Å². The molecule has 0 bridgehead atoms. The summed E-state index contributed by atoms with van der Waals surface area (Å²) in [6, 6.07) is 0.497. The van der Waals surface area contributed by atoms with E-state index < -0.39 is 0 Å². The van der Waals surface area contributed by atoms with Crippen molar-refractivity contribution >= 4 is 0 Å². The van der Waals surface area contributed by atoms with E-state index in [4.69, 9.17) is 4.74 Å². The molecule has 0 aromatic carbocycles. The fraction of sp³-hybridized carbons (Fsp3) is 1.00. The van der Waals surface area contributed by atoms with Crippen LogP contribution in [0, 0.1) is 5.92 Å². The number of nitrogens with one attached hydrogen (secondary N) is 1. The SMILES string of the molecule is CC1CC(NC(C)(CO)C2CC2)CC(C)O1. The van der Waals surface area contributed by atoms with Crippen molar-refractivity contribution in [1.29, 1.82) is 0 Å². The van der Waals surface area contributed by atoms with Crippen molar-refractivity contribution in [1.82, 2.24) is 5.32 Å². The lowest BCUT2D eigenvalue weighted by atomic mass is 9.91. The molecule has 0 amide bonds. The quantitative estimate of drug-likeness (QED) is 0.768. The number of ether oxygens (including phenoxy) is 1. The highest BCUT2D eigenvalue weighted by atomic mass is 16.5. The van der Waals surface area contributed by atoms with Gasteiger partial charge in [0, 0.05) is 11.6 Å². The summed E-state index contributed by atoms with van der Waals surface area (Å²) in [5, 5.41) is 13.2. The van der Waals surface area contributed by atoms with Gasteiger partial charge in [-0.2, -0.15) is 0 Å². The second-order valence-corrected chi connectivity index (χ2v) is 5.92. The molecule has 2 rings (SSSR count). The van der Waals surface area contributed by atoms with E-state index in [0.29, 0.717) is 24.2 Å². The van der Waals surface area contributed by atoms with Crippen molar-refractivity contribution in [2.75, 3.05) is 6.61 Å². The van der Waals surface area contributed by atoms with Gasteiger partial charge in [-0.1, -0.05) is 0 Å². The van der Waals surface area contributed by atoms with Crippen molar-refractivity contribution in [2.24, 2.45) is 5.92 Å². The van der Waals surface area contributed by atoms with E-state index in [1.54, 1.807) is 0 Å². The molecule has 0 radical (unpaired) electrons. The molecule has 1 saturated carbocycles. The Morgan fingerprint density at radius 1 is 1.25 bits per heavy atom. The minimum atomic E-state index is -0.0680. The van der Waals surface area contributed by atoms with E-state index in [1.165, 1.54) is 12.8 Å². The molecule has 2 aliphatic rings. The molecular weight excluding hydrogens is 202 g/mol. The van der Waals surface area contributed by atoms with Crippen LogP contribution in [0.25, 0.3) is 0 Å². The Kier molecular flexibility index (Phi) is 3.57. The minimum Gasteiger partial charge on any atom is -0.394 e. The molecule has 1 heterocycles. The van der Waals surface area contributed by atoms with E-state index in [2.05, 4.69) is 26.1 Å². The Bertz CT molecular complexity index is 232. The molecule has 1 aliphatic heterocycles. The van der Waals surface area contributed by atoms with Crippen LogP contribution >= 0.6 is 0 Å². The molecule has 0 aromatic heterocycles. The molecule has 0 aromatic rings. The molecule has 94 valence electrons. The molecular formula is C13H25NO2. The lowest BCUT2D eigenvalue weighted by molar-refractivity contribution is -0.0489. The lowest BCUT2D eigenvalue weighted by Crippen LogP contribution is -2.55. The fourth-order valence-corrected chi connectivity index (χ4v) is 3.00. The van der Waals surface area contributed by atoms with Crippen LogP contribution in [0.15, 0.2) is 0 Å². The van der Waals surface area contributed by atoms with Gasteiger partial charge < -0.3 is 15.2 Å². The first-order chi connectivity index (χ1) is 7.53. The topological polar surface area (TPSA) is 41.5 Å². The summed E-state index contributed by atoms with van der Waals surface area (Å²) in [6.07, 6.45) is 5.32. The highest BCUT2D eigenvalue weighted by Crippen LogP contribution is 2.40. The van der Waals surface area contributed by atoms with Crippen molar-refractivity contribution in [3.63, 3.8) is 0 Å². The number of aliphatic hydroxyl groups excluding tert-OH is 1. The van der Waals surface area contributed by atoms with Crippen LogP contribution in [0.1, 0.15) is 46.5 Å². The number of hydrogen-bond donors (Lipinski definition) is 2. The van der Waals surface area contributed by atoms with Crippen LogP contribution in [0.4, 0.5) is 0 Å². The molecule has 2 fully saturated rings. The number of hydrogen-bond acceptors (Lipinski definition) is 3. The molecule has 16 heavy (non-hydrogen) atoms. The van der Waals surface area contributed by atoms with E-state index in [-0.39, 0.29) is 12.1 Å². The molecule has 2 N–H and O–H groups in total. The van der Waals surface area contributed by atoms with Gasteiger partial charge in [0.05, 0.1) is 18.8 Å². The van der Waals surface area contributed by atoms with Crippen LogP contribution in [0.2, 0.25) is 0 Å². The summed E-state index contributed by atoms with van der Waals surface area (Å²) in [5.74, 6) is 0.672. The molecule has 3 heteroatoms. The average Bonchev–Trinajstić information content (AvgIpc) is 2.98. The van der Waals surface area contributed by atoms with E-state index in [9.17, 15) is 5.11 Å². The third kappa shape index (κ3) is 2.76.